The van der Waals surface area contributed by atoms with E-state index in [4.69, 9.17) is 5.11 Å². The highest BCUT2D eigenvalue weighted by molar-refractivity contribution is 5.84. The van der Waals surface area contributed by atoms with Crippen molar-refractivity contribution in [2.45, 2.75) is 58.7 Å². The second-order valence-electron chi connectivity index (χ2n) is 5.52. The molecule has 100 valence electrons. The van der Waals surface area contributed by atoms with Crippen molar-refractivity contribution in [3.05, 3.63) is 0 Å². The standard InChI is InChI=1S/C13H26N2O2/c1-9(2)12(6-8-16)15-7-5-11(13(15)17)14-10(3)4/h9-12,14,16H,5-8H2,1-4H3. The normalized spacial score (nSPS) is 22.9. The summed E-state index contributed by atoms with van der Waals surface area (Å²) in [5, 5.41) is 12.4. The van der Waals surface area contributed by atoms with Crippen LogP contribution in [0.25, 0.3) is 0 Å². The Bertz CT molecular complexity index is 254. The maximum Gasteiger partial charge on any atom is 0.240 e. The molecule has 4 nitrogen and oxygen atoms in total. The van der Waals surface area contributed by atoms with Crippen LogP contribution in [0, 0.1) is 5.92 Å². The molecule has 1 aliphatic rings. The van der Waals surface area contributed by atoms with Crippen molar-refractivity contribution in [1.29, 1.82) is 0 Å². The van der Waals surface area contributed by atoms with Crippen molar-refractivity contribution in [3.63, 3.8) is 0 Å². The highest BCUT2D eigenvalue weighted by Gasteiger charge is 2.36. The molecule has 1 aliphatic heterocycles. The van der Waals surface area contributed by atoms with Gasteiger partial charge in [-0.2, -0.15) is 0 Å². The maximum atomic E-state index is 12.2. The average Bonchev–Trinajstić information content (AvgIpc) is 2.56. The first kappa shape index (κ1) is 14.5. The Morgan fingerprint density at radius 3 is 2.53 bits per heavy atom. The van der Waals surface area contributed by atoms with E-state index in [0.717, 1.165) is 13.0 Å². The molecule has 2 unspecified atom stereocenters. The van der Waals surface area contributed by atoms with Crippen LogP contribution in [0.2, 0.25) is 0 Å². The summed E-state index contributed by atoms with van der Waals surface area (Å²) in [5.74, 6) is 0.592. The summed E-state index contributed by atoms with van der Waals surface area (Å²) in [4.78, 5) is 14.2. The number of carbonyl (C=O) groups excluding carboxylic acids is 1. The molecule has 1 saturated heterocycles. The summed E-state index contributed by atoms with van der Waals surface area (Å²) in [6.07, 6.45) is 1.56. The molecule has 0 aromatic heterocycles. The minimum Gasteiger partial charge on any atom is -0.396 e. The molecule has 0 aromatic carbocycles. The molecule has 0 aromatic rings. The zero-order valence-electron chi connectivity index (χ0n) is 11.4. The van der Waals surface area contributed by atoms with Crippen molar-refractivity contribution >= 4 is 5.91 Å². The number of rotatable bonds is 6. The van der Waals surface area contributed by atoms with Gasteiger partial charge in [0, 0.05) is 25.2 Å². The van der Waals surface area contributed by atoms with Gasteiger partial charge in [-0.1, -0.05) is 27.7 Å². The van der Waals surface area contributed by atoms with E-state index in [1.165, 1.54) is 0 Å². The highest BCUT2D eigenvalue weighted by Crippen LogP contribution is 2.22. The van der Waals surface area contributed by atoms with Gasteiger partial charge < -0.3 is 15.3 Å². The van der Waals surface area contributed by atoms with E-state index in [1.807, 2.05) is 4.90 Å². The van der Waals surface area contributed by atoms with Gasteiger partial charge in [0.05, 0.1) is 6.04 Å². The van der Waals surface area contributed by atoms with Crippen LogP contribution < -0.4 is 5.32 Å². The van der Waals surface area contributed by atoms with Gasteiger partial charge in [0.1, 0.15) is 0 Å². The summed E-state index contributed by atoms with van der Waals surface area (Å²) in [7, 11) is 0. The molecule has 1 amide bonds. The Morgan fingerprint density at radius 1 is 1.41 bits per heavy atom. The molecule has 2 atom stereocenters. The minimum absolute atomic E-state index is 0.0325. The fourth-order valence-electron chi connectivity index (χ4n) is 2.57. The highest BCUT2D eigenvalue weighted by atomic mass is 16.3. The van der Waals surface area contributed by atoms with Crippen LogP contribution in [0.5, 0.6) is 0 Å². The van der Waals surface area contributed by atoms with Gasteiger partial charge in [-0.3, -0.25) is 4.79 Å². The van der Waals surface area contributed by atoms with Gasteiger partial charge in [0.15, 0.2) is 0 Å². The molecule has 1 heterocycles. The Kier molecular flexibility index (Phi) is 5.40. The number of amides is 1. The first-order chi connectivity index (χ1) is 7.97. The van der Waals surface area contributed by atoms with Gasteiger partial charge in [-0.15, -0.1) is 0 Å². The number of nitrogens with zero attached hydrogens (tertiary/aromatic N) is 1. The third-order valence-electron chi connectivity index (χ3n) is 3.37. The zero-order chi connectivity index (χ0) is 13.0. The zero-order valence-corrected chi connectivity index (χ0v) is 11.4. The molecule has 0 bridgehead atoms. The van der Waals surface area contributed by atoms with Crippen molar-refractivity contribution in [2.24, 2.45) is 5.92 Å². The summed E-state index contributed by atoms with van der Waals surface area (Å²) in [6.45, 7) is 9.29. The first-order valence-electron chi connectivity index (χ1n) is 6.64. The summed E-state index contributed by atoms with van der Waals surface area (Å²) in [5.41, 5.74) is 0. The van der Waals surface area contributed by atoms with E-state index < -0.39 is 0 Å². The Hall–Kier alpha value is -0.610. The number of hydrogen-bond donors (Lipinski definition) is 2. The van der Waals surface area contributed by atoms with Crippen molar-refractivity contribution < 1.29 is 9.90 Å². The molecule has 0 radical (unpaired) electrons. The number of likely N-dealkylation sites (tertiary alicyclic amines) is 1. The third kappa shape index (κ3) is 3.68. The smallest absolute Gasteiger partial charge is 0.240 e. The largest absolute Gasteiger partial charge is 0.396 e. The van der Waals surface area contributed by atoms with E-state index >= 15 is 0 Å². The predicted octanol–water partition coefficient (Wildman–Crippen LogP) is 0.992. The number of aliphatic hydroxyl groups excluding tert-OH is 1. The third-order valence-corrected chi connectivity index (χ3v) is 3.37. The number of aliphatic hydroxyl groups is 1. The summed E-state index contributed by atoms with van der Waals surface area (Å²) in [6, 6.07) is 0.473. The van der Waals surface area contributed by atoms with Crippen LogP contribution in [0.15, 0.2) is 0 Å². The molecule has 0 saturated carbocycles. The second kappa shape index (κ2) is 6.36. The van der Waals surface area contributed by atoms with E-state index in [9.17, 15) is 4.79 Å². The lowest BCUT2D eigenvalue weighted by Crippen LogP contribution is -2.46. The molecule has 1 fully saturated rings. The quantitative estimate of drug-likeness (QED) is 0.730. The van der Waals surface area contributed by atoms with Crippen LogP contribution in [-0.4, -0.2) is 47.2 Å². The predicted molar refractivity (Wildman–Crippen MR) is 68.7 cm³/mol. The molecular formula is C13H26N2O2. The SMILES string of the molecule is CC(C)NC1CCN(C(CCO)C(C)C)C1=O. The fourth-order valence-corrected chi connectivity index (χ4v) is 2.57. The molecular weight excluding hydrogens is 216 g/mol. The van der Waals surface area contributed by atoms with Crippen molar-refractivity contribution in [1.82, 2.24) is 10.2 Å². The maximum absolute atomic E-state index is 12.2. The van der Waals surface area contributed by atoms with E-state index in [1.54, 1.807) is 0 Å². The average molecular weight is 242 g/mol. The molecule has 2 N–H and O–H groups in total. The van der Waals surface area contributed by atoms with Crippen LogP contribution in [0.1, 0.15) is 40.5 Å². The van der Waals surface area contributed by atoms with E-state index in [2.05, 4.69) is 33.0 Å². The van der Waals surface area contributed by atoms with Crippen LogP contribution in [0.4, 0.5) is 0 Å². The van der Waals surface area contributed by atoms with Crippen LogP contribution in [0.3, 0.4) is 0 Å². The van der Waals surface area contributed by atoms with Gasteiger partial charge in [0.2, 0.25) is 5.91 Å². The monoisotopic (exact) mass is 242 g/mol. The lowest BCUT2D eigenvalue weighted by atomic mass is 10.00. The lowest BCUT2D eigenvalue weighted by molar-refractivity contribution is -0.132. The van der Waals surface area contributed by atoms with Crippen LogP contribution in [-0.2, 0) is 4.79 Å². The first-order valence-corrected chi connectivity index (χ1v) is 6.64. The topological polar surface area (TPSA) is 52.6 Å². The van der Waals surface area contributed by atoms with Gasteiger partial charge in [0.25, 0.3) is 0 Å². The Balaban J connectivity index is 2.63. The van der Waals surface area contributed by atoms with E-state index in [-0.39, 0.29) is 24.6 Å². The van der Waals surface area contributed by atoms with Crippen molar-refractivity contribution in [2.75, 3.05) is 13.2 Å². The molecule has 0 spiro atoms. The molecule has 1 rings (SSSR count). The van der Waals surface area contributed by atoms with Gasteiger partial charge >= 0.3 is 0 Å². The summed E-state index contributed by atoms with van der Waals surface area (Å²) < 4.78 is 0. The Morgan fingerprint density at radius 2 is 2.06 bits per heavy atom. The fraction of sp³-hybridized carbons (Fsp3) is 0.923. The van der Waals surface area contributed by atoms with E-state index in [0.29, 0.717) is 18.4 Å². The molecule has 4 heteroatoms. The molecule has 0 aliphatic carbocycles. The molecule has 17 heavy (non-hydrogen) atoms. The van der Waals surface area contributed by atoms with Gasteiger partial charge in [-0.25, -0.2) is 0 Å². The van der Waals surface area contributed by atoms with Gasteiger partial charge in [-0.05, 0) is 18.8 Å². The van der Waals surface area contributed by atoms with Crippen LogP contribution >= 0.6 is 0 Å². The second-order valence-corrected chi connectivity index (χ2v) is 5.52. The summed E-state index contributed by atoms with van der Waals surface area (Å²) >= 11 is 0. The number of nitrogens with one attached hydrogen (secondary N) is 1. The Labute approximate surface area is 104 Å². The van der Waals surface area contributed by atoms with Crippen molar-refractivity contribution in [3.8, 4) is 0 Å². The lowest BCUT2D eigenvalue weighted by Gasteiger charge is -2.31. The number of carbonyl (C=O) groups is 1. The minimum atomic E-state index is -0.0325. The number of hydrogen-bond acceptors (Lipinski definition) is 3.